The molecule has 0 spiro atoms. The molecule has 19 heavy (non-hydrogen) atoms. The lowest BCUT2D eigenvalue weighted by Crippen LogP contribution is -2.29. The monoisotopic (exact) mass is 258 g/mol. The Bertz CT molecular complexity index is 560. The first-order valence-corrected chi connectivity index (χ1v) is 5.77. The van der Waals surface area contributed by atoms with E-state index in [9.17, 15) is 5.02 Å². The summed E-state index contributed by atoms with van der Waals surface area (Å²) in [6, 6.07) is 14.0. The van der Waals surface area contributed by atoms with Crippen molar-refractivity contribution < 1.29 is 23.8 Å². The summed E-state index contributed by atoms with van der Waals surface area (Å²) in [4.78, 5) is 0. The van der Waals surface area contributed by atoms with Crippen LogP contribution < -0.4 is 18.8 Å². The second kappa shape index (κ2) is 5.11. The summed E-state index contributed by atoms with van der Waals surface area (Å²) in [5.41, 5.74) is 0. The Morgan fingerprint density at radius 1 is 0.895 bits per heavy atom. The van der Waals surface area contributed by atoms with Crippen molar-refractivity contribution in [2.24, 2.45) is 0 Å². The van der Waals surface area contributed by atoms with Gasteiger partial charge in [0.2, 0.25) is 6.79 Å². The highest BCUT2D eigenvalue weighted by atomic mass is 16.7. The van der Waals surface area contributed by atoms with Gasteiger partial charge in [0.15, 0.2) is 11.5 Å². The largest absolute Gasteiger partial charge is 0.785 e. The minimum absolute atomic E-state index is 0.196. The maximum Gasteiger partial charge on any atom is 0.785 e. The molecule has 0 unspecified atom stereocenters. The zero-order chi connectivity index (χ0) is 13.1. The van der Waals surface area contributed by atoms with Crippen molar-refractivity contribution in [2.75, 3.05) is 6.79 Å². The van der Waals surface area contributed by atoms with Crippen molar-refractivity contribution in [3.63, 3.8) is 0 Å². The van der Waals surface area contributed by atoms with Crippen molar-refractivity contribution in [1.82, 2.24) is 0 Å². The molecule has 1 heterocycles. The van der Waals surface area contributed by atoms with Crippen LogP contribution in [0, 0.1) is 0 Å². The number of ether oxygens (including phenoxy) is 2. The van der Waals surface area contributed by atoms with Crippen molar-refractivity contribution in [3.05, 3.63) is 48.5 Å². The molecule has 0 atom stereocenters. The molecular formula is C13H11BO5. The third-order valence-electron chi connectivity index (χ3n) is 2.56. The molecule has 0 fully saturated rings. The van der Waals surface area contributed by atoms with E-state index in [0.29, 0.717) is 23.0 Å². The molecule has 1 aliphatic rings. The van der Waals surface area contributed by atoms with Gasteiger partial charge in [-0.1, -0.05) is 18.2 Å². The van der Waals surface area contributed by atoms with Crippen LogP contribution in [-0.4, -0.2) is 19.1 Å². The lowest BCUT2D eigenvalue weighted by atomic mass is 10.2. The van der Waals surface area contributed by atoms with E-state index >= 15 is 0 Å². The molecule has 6 heteroatoms. The van der Waals surface area contributed by atoms with Gasteiger partial charge in [0, 0.05) is 6.07 Å². The van der Waals surface area contributed by atoms with E-state index in [0.717, 1.165) is 0 Å². The summed E-state index contributed by atoms with van der Waals surface area (Å²) >= 11 is 0. The minimum Gasteiger partial charge on any atom is -0.501 e. The van der Waals surface area contributed by atoms with Crippen LogP contribution in [0.4, 0.5) is 0 Å². The molecule has 0 saturated carbocycles. The van der Waals surface area contributed by atoms with Gasteiger partial charge in [0.1, 0.15) is 11.5 Å². The van der Waals surface area contributed by atoms with Crippen molar-refractivity contribution in [1.29, 1.82) is 0 Å². The first-order valence-electron chi connectivity index (χ1n) is 5.77. The van der Waals surface area contributed by atoms with Crippen molar-refractivity contribution in [2.45, 2.75) is 0 Å². The SMILES string of the molecule is OB(Oc1ccccc1)Oc1ccc2c(c1)OCO2. The zero-order valence-corrected chi connectivity index (χ0v) is 9.98. The summed E-state index contributed by atoms with van der Waals surface area (Å²) in [6.07, 6.45) is 0. The topological polar surface area (TPSA) is 57.2 Å². The number of rotatable bonds is 4. The highest BCUT2D eigenvalue weighted by molar-refractivity contribution is 6.36. The second-order valence-corrected chi connectivity index (χ2v) is 3.87. The van der Waals surface area contributed by atoms with Crippen LogP contribution in [0.1, 0.15) is 0 Å². The summed E-state index contributed by atoms with van der Waals surface area (Å²) in [5.74, 6) is 2.21. The average molecular weight is 258 g/mol. The molecule has 3 rings (SSSR count). The fraction of sp³-hybridized carbons (Fsp3) is 0.0769. The summed E-state index contributed by atoms with van der Waals surface area (Å²) in [6.45, 7) is 0.196. The number of para-hydroxylation sites is 1. The number of hydrogen-bond donors (Lipinski definition) is 1. The first kappa shape index (κ1) is 11.7. The van der Waals surface area contributed by atoms with Gasteiger partial charge in [-0.15, -0.1) is 0 Å². The van der Waals surface area contributed by atoms with E-state index in [-0.39, 0.29) is 6.79 Å². The predicted octanol–water partition coefficient (Wildman–Crippen LogP) is 1.85. The smallest absolute Gasteiger partial charge is 0.501 e. The summed E-state index contributed by atoms with van der Waals surface area (Å²) in [7, 11) is -1.39. The molecule has 0 aromatic heterocycles. The number of benzene rings is 2. The van der Waals surface area contributed by atoms with Crippen LogP contribution in [0.5, 0.6) is 23.0 Å². The van der Waals surface area contributed by atoms with E-state index in [2.05, 4.69) is 0 Å². The first-order chi connectivity index (χ1) is 9.31. The maximum atomic E-state index is 9.69. The van der Waals surface area contributed by atoms with Gasteiger partial charge in [-0.3, -0.25) is 0 Å². The molecule has 0 aliphatic carbocycles. The zero-order valence-electron chi connectivity index (χ0n) is 9.98. The van der Waals surface area contributed by atoms with Crippen molar-refractivity contribution in [3.8, 4) is 23.0 Å². The van der Waals surface area contributed by atoms with Crippen LogP contribution in [0.25, 0.3) is 0 Å². The fourth-order valence-electron chi connectivity index (χ4n) is 1.71. The minimum atomic E-state index is -1.39. The molecule has 0 saturated heterocycles. The van der Waals surface area contributed by atoms with Crippen molar-refractivity contribution >= 4 is 7.32 Å². The molecule has 2 aromatic carbocycles. The third-order valence-corrected chi connectivity index (χ3v) is 2.56. The number of hydrogen-bond acceptors (Lipinski definition) is 5. The molecule has 0 bridgehead atoms. The standard InChI is InChI=1S/C13H11BO5/c15-14(18-10-4-2-1-3-5-10)19-11-6-7-12-13(8-11)17-9-16-12/h1-8,15H,9H2. The number of fused-ring (bicyclic) bond motifs is 1. The fourth-order valence-corrected chi connectivity index (χ4v) is 1.71. The predicted molar refractivity (Wildman–Crippen MR) is 68.2 cm³/mol. The molecule has 0 radical (unpaired) electrons. The van der Waals surface area contributed by atoms with Gasteiger partial charge in [-0.25, -0.2) is 0 Å². The van der Waals surface area contributed by atoms with Gasteiger partial charge >= 0.3 is 7.32 Å². The summed E-state index contributed by atoms with van der Waals surface area (Å²) in [5, 5.41) is 9.69. The van der Waals surface area contributed by atoms with Gasteiger partial charge in [-0.05, 0) is 24.3 Å². The third kappa shape index (κ3) is 2.74. The highest BCUT2D eigenvalue weighted by Crippen LogP contribution is 2.35. The Morgan fingerprint density at radius 3 is 2.47 bits per heavy atom. The Labute approximate surface area is 110 Å². The molecule has 96 valence electrons. The molecule has 1 N–H and O–H groups in total. The van der Waals surface area contributed by atoms with Gasteiger partial charge in [-0.2, -0.15) is 0 Å². The Balaban J connectivity index is 1.65. The van der Waals surface area contributed by atoms with Crippen LogP contribution in [0.15, 0.2) is 48.5 Å². The van der Waals surface area contributed by atoms with E-state index < -0.39 is 7.32 Å². The molecule has 1 aliphatic heterocycles. The molecule has 2 aromatic rings. The highest BCUT2D eigenvalue weighted by Gasteiger charge is 2.22. The second-order valence-electron chi connectivity index (χ2n) is 3.87. The molecule has 0 amide bonds. The van der Waals surface area contributed by atoms with Gasteiger partial charge in [0.25, 0.3) is 0 Å². The van der Waals surface area contributed by atoms with E-state index in [4.69, 9.17) is 18.8 Å². The Hall–Kier alpha value is -2.34. The van der Waals surface area contributed by atoms with Crippen LogP contribution >= 0.6 is 0 Å². The van der Waals surface area contributed by atoms with Crippen LogP contribution in [-0.2, 0) is 0 Å². The molecule has 5 nitrogen and oxygen atoms in total. The van der Waals surface area contributed by atoms with Gasteiger partial charge < -0.3 is 23.8 Å². The Kier molecular flexibility index (Phi) is 3.16. The molecular weight excluding hydrogens is 247 g/mol. The van der Waals surface area contributed by atoms with Crippen LogP contribution in [0.3, 0.4) is 0 Å². The van der Waals surface area contributed by atoms with E-state index in [1.54, 1.807) is 30.3 Å². The normalized spacial score (nSPS) is 12.1. The van der Waals surface area contributed by atoms with E-state index in [1.807, 2.05) is 18.2 Å². The van der Waals surface area contributed by atoms with E-state index in [1.165, 1.54) is 0 Å². The summed E-state index contributed by atoms with van der Waals surface area (Å²) < 4.78 is 20.8. The maximum absolute atomic E-state index is 9.69. The average Bonchev–Trinajstić information content (AvgIpc) is 2.87. The Morgan fingerprint density at radius 2 is 1.63 bits per heavy atom. The quantitative estimate of drug-likeness (QED) is 0.848. The lowest BCUT2D eigenvalue weighted by molar-refractivity contribution is 0.174. The lowest BCUT2D eigenvalue weighted by Gasteiger charge is -2.11. The van der Waals surface area contributed by atoms with Crippen LogP contribution in [0.2, 0.25) is 0 Å². The van der Waals surface area contributed by atoms with Gasteiger partial charge in [0.05, 0.1) is 0 Å².